The standard InChI is InChI=1S/C32H32N6O2/c33-30-29-28(25-12-7-13-27(16-25)40-20-23-10-5-2-6-11-23)19-38(31(29)37-21-36-30)26-14-24(15-26)18-35-32(39)34-17-22-8-3-1-4-9-22/h1-13,16,19,21,24,26H,14-15,17-18,20H2,(H2,33,36,37)(H2,34,35,39)/t24-,26-. The van der Waals surface area contributed by atoms with Gasteiger partial charge in [0.2, 0.25) is 0 Å². The number of fused-ring (bicyclic) bond motifs is 1. The van der Waals surface area contributed by atoms with Crippen molar-refractivity contribution in [2.75, 3.05) is 12.3 Å². The van der Waals surface area contributed by atoms with Gasteiger partial charge in [0.15, 0.2) is 0 Å². The summed E-state index contributed by atoms with van der Waals surface area (Å²) >= 11 is 0. The molecule has 1 aliphatic rings. The van der Waals surface area contributed by atoms with Crippen molar-refractivity contribution in [2.45, 2.75) is 32.0 Å². The third-order valence-electron chi connectivity index (χ3n) is 7.48. The van der Waals surface area contributed by atoms with E-state index in [1.807, 2.05) is 78.9 Å². The third-order valence-corrected chi connectivity index (χ3v) is 7.48. The molecule has 2 amide bonds. The Morgan fingerprint density at radius 2 is 1.68 bits per heavy atom. The fraction of sp³-hybridized carbons (Fsp3) is 0.219. The normalized spacial score (nSPS) is 16.3. The second-order valence-corrected chi connectivity index (χ2v) is 10.3. The van der Waals surface area contributed by atoms with Crippen LogP contribution in [-0.2, 0) is 13.2 Å². The molecule has 2 aromatic heterocycles. The number of carbonyl (C=O) groups excluding carboxylic acids is 1. The Bertz CT molecular complexity index is 1600. The molecule has 8 heteroatoms. The molecule has 1 aliphatic carbocycles. The number of nitrogens with two attached hydrogens (primary N) is 1. The summed E-state index contributed by atoms with van der Waals surface area (Å²) < 4.78 is 8.29. The number of hydrogen-bond donors (Lipinski definition) is 3. The van der Waals surface area contributed by atoms with Gasteiger partial charge in [-0.3, -0.25) is 0 Å². The average molecular weight is 533 g/mol. The molecule has 202 valence electrons. The Balaban J connectivity index is 1.12. The first-order chi connectivity index (χ1) is 19.6. The van der Waals surface area contributed by atoms with Gasteiger partial charge < -0.3 is 25.7 Å². The fourth-order valence-corrected chi connectivity index (χ4v) is 5.27. The highest BCUT2D eigenvalue weighted by molar-refractivity contribution is 6.00. The molecule has 6 rings (SSSR count). The zero-order valence-corrected chi connectivity index (χ0v) is 22.2. The SMILES string of the molecule is Nc1ncnc2c1c(-c1cccc(OCc3ccccc3)c1)cn2[C@H]1C[C@H](CNC(=O)NCc2ccccc2)C1. The highest BCUT2D eigenvalue weighted by atomic mass is 16.5. The summed E-state index contributed by atoms with van der Waals surface area (Å²) in [5.74, 6) is 1.65. The predicted molar refractivity (Wildman–Crippen MR) is 157 cm³/mol. The van der Waals surface area contributed by atoms with E-state index in [9.17, 15) is 4.79 Å². The Morgan fingerprint density at radius 3 is 2.45 bits per heavy atom. The molecule has 0 unspecified atom stereocenters. The third kappa shape index (κ3) is 5.61. The first-order valence-electron chi connectivity index (χ1n) is 13.6. The quantitative estimate of drug-likeness (QED) is 0.225. The van der Waals surface area contributed by atoms with Gasteiger partial charge in [-0.25, -0.2) is 14.8 Å². The number of hydrogen-bond acceptors (Lipinski definition) is 5. The largest absolute Gasteiger partial charge is 0.489 e. The van der Waals surface area contributed by atoms with Gasteiger partial charge in [0, 0.05) is 30.9 Å². The van der Waals surface area contributed by atoms with Gasteiger partial charge in [0.1, 0.15) is 30.1 Å². The highest BCUT2D eigenvalue weighted by Crippen LogP contribution is 2.43. The minimum absolute atomic E-state index is 0.143. The molecule has 1 saturated carbocycles. The van der Waals surface area contributed by atoms with Crippen LogP contribution in [0, 0.1) is 5.92 Å². The van der Waals surface area contributed by atoms with Gasteiger partial charge in [0.25, 0.3) is 0 Å². The van der Waals surface area contributed by atoms with Gasteiger partial charge in [-0.2, -0.15) is 0 Å². The number of benzene rings is 3. The van der Waals surface area contributed by atoms with E-state index in [0.29, 0.717) is 31.4 Å². The summed E-state index contributed by atoms with van der Waals surface area (Å²) in [6, 6.07) is 28.2. The topological polar surface area (TPSA) is 107 Å². The van der Waals surface area contributed by atoms with Crippen LogP contribution in [0.15, 0.2) is 97.5 Å². The number of urea groups is 1. The number of rotatable bonds is 9. The molecular formula is C32H32N6O2. The summed E-state index contributed by atoms with van der Waals surface area (Å²) in [5.41, 5.74) is 11.4. The molecule has 40 heavy (non-hydrogen) atoms. The monoisotopic (exact) mass is 532 g/mol. The van der Waals surface area contributed by atoms with Crippen LogP contribution in [-0.4, -0.2) is 27.1 Å². The van der Waals surface area contributed by atoms with Gasteiger partial charge in [-0.05, 0) is 47.6 Å². The number of amides is 2. The number of nitrogen functional groups attached to an aromatic ring is 1. The van der Waals surface area contributed by atoms with E-state index in [4.69, 9.17) is 10.5 Å². The molecule has 4 N–H and O–H groups in total. The maximum Gasteiger partial charge on any atom is 0.315 e. The summed E-state index contributed by atoms with van der Waals surface area (Å²) in [5, 5.41) is 6.79. The van der Waals surface area contributed by atoms with Crippen molar-refractivity contribution in [1.29, 1.82) is 0 Å². The Labute approximate surface area is 233 Å². The molecular weight excluding hydrogens is 500 g/mol. The van der Waals surface area contributed by atoms with Gasteiger partial charge >= 0.3 is 6.03 Å². The number of nitrogens with one attached hydrogen (secondary N) is 2. The lowest BCUT2D eigenvalue weighted by Crippen LogP contribution is -2.41. The molecule has 3 aromatic carbocycles. The summed E-state index contributed by atoms with van der Waals surface area (Å²) in [4.78, 5) is 21.2. The van der Waals surface area contributed by atoms with Crippen molar-refractivity contribution in [2.24, 2.45) is 5.92 Å². The number of anilines is 1. The minimum atomic E-state index is -0.143. The van der Waals surface area contributed by atoms with Crippen LogP contribution in [0.5, 0.6) is 5.75 Å². The lowest BCUT2D eigenvalue weighted by molar-refractivity contribution is 0.192. The zero-order chi connectivity index (χ0) is 27.3. The van der Waals surface area contributed by atoms with E-state index in [2.05, 4.69) is 37.4 Å². The second-order valence-electron chi connectivity index (χ2n) is 10.3. The van der Waals surface area contributed by atoms with Crippen LogP contribution in [0.3, 0.4) is 0 Å². The lowest BCUT2D eigenvalue weighted by atomic mass is 9.80. The van der Waals surface area contributed by atoms with Gasteiger partial charge in [-0.15, -0.1) is 0 Å². The number of aromatic nitrogens is 3. The van der Waals surface area contributed by atoms with Crippen LogP contribution < -0.4 is 21.1 Å². The van der Waals surface area contributed by atoms with Crippen LogP contribution in [0.4, 0.5) is 10.6 Å². The van der Waals surface area contributed by atoms with Crippen molar-refractivity contribution in [3.05, 3.63) is 109 Å². The van der Waals surface area contributed by atoms with E-state index in [0.717, 1.165) is 51.9 Å². The van der Waals surface area contributed by atoms with E-state index < -0.39 is 0 Å². The Hall–Kier alpha value is -4.85. The van der Waals surface area contributed by atoms with Crippen molar-refractivity contribution < 1.29 is 9.53 Å². The van der Waals surface area contributed by atoms with Crippen molar-refractivity contribution in [3.8, 4) is 16.9 Å². The van der Waals surface area contributed by atoms with E-state index in [-0.39, 0.29) is 12.1 Å². The van der Waals surface area contributed by atoms with Crippen LogP contribution >= 0.6 is 0 Å². The number of carbonyl (C=O) groups is 1. The van der Waals surface area contributed by atoms with Crippen LogP contribution in [0.25, 0.3) is 22.2 Å². The molecule has 0 saturated heterocycles. The van der Waals surface area contributed by atoms with Crippen molar-refractivity contribution in [1.82, 2.24) is 25.2 Å². The van der Waals surface area contributed by atoms with Gasteiger partial charge in [0.05, 0.1) is 5.39 Å². The van der Waals surface area contributed by atoms with E-state index >= 15 is 0 Å². The molecule has 0 atom stereocenters. The first-order valence-corrected chi connectivity index (χ1v) is 13.6. The molecule has 5 aromatic rings. The van der Waals surface area contributed by atoms with E-state index in [1.54, 1.807) is 0 Å². The summed E-state index contributed by atoms with van der Waals surface area (Å²) in [7, 11) is 0. The first kappa shape index (κ1) is 25.4. The molecule has 0 bridgehead atoms. The molecule has 0 radical (unpaired) electrons. The fourth-order valence-electron chi connectivity index (χ4n) is 5.27. The Kier molecular flexibility index (Phi) is 7.30. The zero-order valence-electron chi connectivity index (χ0n) is 22.2. The van der Waals surface area contributed by atoms with Crippen LogP contribution in [0.1, 0.15) is 30.0 Å². The summed E-state index contributed by atoms with van der Waals surface area (Å²) in [6.07, 6.45) is 5.55. The second kappa shape index (κ2) is 11.5. The molecule has 0 spiro atoms. The highest BCUT2D eigenvalue weighted by Gasteiger charge is 2.32. The molecule has 8 nitrogen and oxygen atoms in total. The molecule has 1 fully saturated rings. The van der Waals surface area contributed by atoms with Gasteiger partial charge in [-0.1, -0.05) is 72.8 Å². The maximum absolute atomic E-state index is 12.3. The predicted octanol–water partition coefficient (Wildman–Crippen LogP) is 5.71. The van der Waals surface area contributed by atoms with Crippen LogP contribution in [0.2, 0.25) is 0 Å². The van der Waals surface area contributed by atoms with E-state index in [1.165, 1.54) is 6.33 Å². The summed E-state index contributed by atoms with van der Waals surface area (Å²) in [6.45, 7) is 1.65. The van der Waals surface area contributed by atoms with Crippen molar-refractivity contribution >= 4 is 22.9 Å². The molecule has 2 heterocycles. The number of nitrogens with zero attached hydrogens (tertiary/aromatic N) is 3. The average Bonchev–Trinajstić information content (AvgIpc) is 3.36. The minimum Gasteiger partial charge on any atom is -0.489 e. The Morgan fingerprint density at radius 1 is 0.925 bits per heavy atom. The lowest BCUT2D eigenvalue weighted by Gasteiger charge is -2.36. The number of ether oxygens (including phenoxy) is 1. The maximum atomic E-state index is 12.3. The smallest absolute Gasteiger partial charge is 0.315 e. The molecule has 0 aliphatic heterocycles. The van der Waals surface area contributed by atoms with Crippen molar-refractivity contribution in [3.63, 3.8) is 0 Å².